The summed E-state index contributed by atoms with van der Waals surface area (Å²) in [6.07, 6.45) is 9.60. The standard InChI is InChI=1S/C28H25N7OS/c1-17-25(16-33(32-17)24-10-22-7-8-23(11-24)35(22)18(2)36)20-9-27(28-21(13-30)14-31-34(28)15-20)37-26-6-4-3-5-19(26)12-29/h3-6,9,14-16,22-24H,7-8,10-11H2,1-2H3. The molecule has 2 saturated heterocycles. The minimum Gasteiger partial charge on any atom is -0.337 e. The van der Waals surface area contributed by atoms with Crippen LogP contribution < -0.4 is 0 Å². The summed E-state index contributed by atoms with van der Waals surface area (Å²) in [6, 6.07) is 14.9. The maximum absolute atomic E-state index is 12.1. The Morgan fingerprint density at radius 3 is 2.46 bits per heavy atom. The second kappa shape index (κ2) is 9.10. The molecule has 3 aromatic heterocycles. The number of hydrogen-bond donors (Lipinski definition) is 0. The van der Waals surface area contributed by atoms with Crippen LogP contribution in [0.25, 0.3) is 16.6 Å². The lowest BCUT2D eigenvalue weighted by Gasteiger charge is -2.38. The highest BCUT2D eigenvalue weighted by atomic mass is 32.2. The number of aromatic nitrogens is 4. The Hall–Kier alpha value is -4.08. The first-order valence-electron chi connectivity index (χ1n) is 12.4. The quantitative estimate of drug-likeness (QED) is 0.380. The number of piperidine rings is 1. The normalized spacial score (nSPS) is 20.6. The zero-order chi connectivity index (χ0) is 25.7. The van der Waals surface area contributed by atoms with Crippen LogP contribution >= 0.6 is 11.8 Å². The molecule has 2 atom stereocenters. The van der Waals surface area contributed by atoms with E-state index in [9.17, 15) is 15.3 Å². The molecule has 0 aliphatic carbocycles. The summed E-state index contributed by atoms with van der Waals surface area (Å²) in [6.45, 7) is 3.69. The van der Waals surface area contributed by atoms with E-state index in [4.69, 9.17) is 5.10 Å². The first-order valence-corrected chi connectivity index (χ1v) is 13.2. The van der Waals surface area contributed by atoms with Gasteiger partial charge in [-0.15, -0.1) is 0 Å². The molecule has 2 aliphatic rings. The number of carbonyl (C=O) groups is 1. The Balaban J connectivity index is 1.39. The molecule has 0 spiro atoms. The Bertz CT molecular complexity index is 1610. The van der Waals surface area contributed by atoms with Crippen molar-refractivity contribution in [3.63, 3.8) is 0 Å². The average Bonchev–Trinajstić information content (AvgIpc) is 3.57. The lowest BCUT2D eigenvalue weighted by atomic mass is 9.97. The van der Waals surface area contributed by atoms with E-state index in [0.717, 1.165) is 57.8 Å². The van der Waals surface area contributed by atoms with Gasteiger partial charge >= 0.3 is 0 Å². The maximum Gasteiger partial charge on any atom is 0.219 e. The third kappa shape index (κ3) is 3.96. The number of hydrogen-bond acceptors (Lipinski definition) is 6. The molecule has 0 N–H and O–H groups in total. The van der Waals surface area contributed by atoms with Crippen molar-refractivity contribution >= 4 is 23.2 Å². The smallest absolute Gasteiger partial charge is 0.219 e. The van der Waals surface area contributed by atoms with Gasteiger partial charge in [0.05, 0.1) is 34.6 Å². The molecule has 2 fully saturated rings. The SMILES string of the molecule is CC(=O)N1C2CCC1CC(n1cc(-c3cc(Sc4ccccc4C#N)c4c(C#N)cnn4c3)c(C)n1)C2. The fraction of sp³-hybridized carbons (Fsp3) is 0.321. The molecule has 1 aromatic carbocycles. The van der Waals surface area contributed by atoms with Gasteiger partial charge in [-0.25, -0.2) is 4.52 Å². The zero-order valence-electron chi connectivity index (χ0n) is 20.6. The zero-order valence-corrected chi connectivity index (χ0v) is 21.4. The summed E-state index contributed by atoms with van der Waals surface area (Å²) in [5.74, 6) is 0.176. The van der Waals surface area contributed by atoms with Crippen LogP contribution in [0.2, 0.25) is 0 Å². The third-order valence-electron chi connectivity index (χ3n) is 7.60. The summed E-state index contributed by atoms with van der Waals surface area (Å²) in [5, 5.41) is 28.6. The number of pyridine rings is 1. The van der Waals surface area contributed by atoms with Gasteiger partial charge in [-0.05, 0) is 50.8 Å². The van der Waals surface area contributed by atoms with Crippen LogP contribution in [-0.2, 0) is 4.79 Å². The molecule has 37 heavy (non-hydrogen) atoms. The van der Waals surface area contributed by atoms with Gasteiger partial charge in [0.15, 0.2) is 0 Å². The minimum atomic E-state index is 0.176. The number of nitriles is 2. The largest absolute Gasteiger partial charge is 0.337 e. The number of amides is 1. The van der Waals surface area contributed by atoms with Crippen molar-refractivity contribution in [2.45, 2.75) is 67.4 Å². The summed E-state index contributed by atoms with van der Waals surface area (Å²) in [4.78, 5) is 15.9. The average molecular weight is 508 g/mol. The van der Waals surface area contributed by atoms with Crippen LogP contribution in [0, 0.1) is 29.6 Å². The van der Waals surface area contributed by atoms with Crippen molar-refractivity contribution in [3.8, 4) is 23.3 Å². The van der Waals surface area contributed by atoms with Crippen molar-refractivity contribution in [1.82, 2.24) is 24.3 Å². The molecular weight excluding hydrogens is 482 g/mol. The van der Waals surface area contributed by atoms with E-state index in [0.29, 0.717) is 23.2 Å². The summed E-state index contributed by atoms with van der Waals surface area (Å²) < 4.78 is 3.83. The summed E-state index contributed by atoms with van der Waals surface area (Å²) in [7, 11) is 0. The Kier molecular flexibility index (Phi) is 5.73. The fourth-order valence-corrected chi connectivity index (χ4v) is 7.08. The van der Waals surface area contributed by atoms with Crippen LogP contribution in [0.4, 0.5) is 0 Å². The number of fused-ring (bicyclic) bond motifs is 3. The molecule has 2 aliphatic heterocycles. The highest BCUT2D eigenvalue weighted by Crippen LogP contribution is 2.42. The van der Waals surface area contributed by atoms with Gasteiger partial charge in [-0.1, -0.05) is 23.9 Å². The Labute approximate surface area is 219 Å². The van der Waals surface area contributed by atoms with E-state index < -0.39 is 0 Å². The Morgan fingerprint density at radius 1 is 1.03 bits per heavy atom. The maximum atomic E-state index is 12.1. The van der Waals surface area contributed by atoms with E-state index in [1.54, 1.807) is 23.7 Å². The van der Waals surface area contributed by atoms with E-state index in [-0.39, 0.29) is 11.9 Å². The number of nitrogens with zero attached hydrogens (tertiary/aromatic N) is 7. The predicted octanol–water partition coefficient (Wildman–Crippen LogP) is 5.12. The van der Waals surface area contributed by atoms with Gasteiger partial charge in [0.2, 0.25) is 5.91 Å². The lowest BCUT2D eigenvalue weighted by molar-refractivity contribution is -0.133. The number of rotatable bonds is 4. The first-order chi connectivity index (χ1) is 18.0. The highest BCUT2D eigenvalue weighted by molar-refractivity contribution is 7.99. The van der Waals surface area contributed by atoms with Gasteiger partial charge in [-0.3, -0.25) is 9.48 Å². The van der Waals surface area contributed by atoms with Crippen molar-refractivity contribution < 1.29 is 4.79 Å². The number of carbonyl (C=O) groups excluding carboxylic acids is 1. The van der Waals surface area contributed by atoms with Gasteiger partial charge in [0.1, 0.15) is 12.1 Å². The minimum absolute atomic E-state index is 0.176. The van der Waals surface area contributed by atoms with Crippen molar-refractivity contribution in [2.24, 2.45) is 0 Å². The fourth-order valence-electron chi connectivity index (χ4n) is 5.99. The lowest BCUT2D eigenvalue weighted by Crippen LogP contribution is -2.46. The van der Waals surface area contributed by atoms with Crippen LogP contribution in [0.15, 0.2) is 58.7 Å². The van der Waals surface area contributed by atoms with Crippen molar-refractivity contribution in [3.05, 3.63) is 65.7 Å². The molecule has 2 bridgehead atoms. The van der Waals surface area contributed by atoms with Gasteiger partial charge < -0.3 is 4.90 Å². The molecule has 0 radical (unpaired) electrons. The monoisotopic (exact) mass is 507 g/mol. The van der Waals surface area contributed by atoms with Crippen LogP contribution in [0.5, 0.6) is 0 Å². The third-order valence-corrected chi connectivity index (χ3v) is 8.71. The molecule has 5 heterocycles. The van der Waals surface area contributed by atoms with Gasteiger partial charge in [0.25, 0.3) is 0 Å². The molecule has 4 aromatic rings. The van der Waals surface area contributed by atoms with Gasteiger partial charge in [0, 0.05) is 52.3 Å². The van der Waals surface area contributed by atoms with E-state index in [1.165, 1.54) is 11.8 Å². The van der Waals surface area contributed by atoms with E-state index in [2.05, 4.69) is 39.1 Å². The van der Waals surface area contributed by atoms with Gasteiger partial charge in [-0.2, -0.15) is 20.7 Å². The molecule has 184 valence electrons. The molecule has 9 heteroatoms. The first kappa shape index (κ1) is 23.3. The van der Waals surface area contributed by atoms with E-state index >= 15 is 0 Å². The van der Waals surface area contributed by atoms with Crippen LogP contribution in [-0.4, -0.2) is 42.3 Å². The molecular formula is C28H25N7OS. The second-order valence-corrected chi connectivity index (χ2v) is 10.9. The highest BCUT2D eigenvalue weighted by Gasteiger charge is 2.42. The molecule has 0 saturated carbocycles. The number of aryl methyl sites for hydroxylation is 1. The van der Waals surface area contributed by atoms with Crippen LogP contribution in [0.3, 0.4) is 0 Å². The van der Waals surface area contributed by atoms with Crippen molar-refractivity contribution in [2.75, 3.05) is 0 Å². The molecule has 6 rings (SSSR count). The van der Waals surface area contributed by atoms with Crippen molar-refractivity contribution in [1.29, 1.82) is 10.5 Å². The second-order valence-electron chi connectivity index (χ2n) is 9.81. The molecule has 8 nitrogen and oxygen atoms in total. The molecule has 1 amide bonds. The molecule has 2 unspecified atom stereocenters. The predicted molar refractivity (Wildman–Crippen MR) is 139 cm³/mol. The Morgan fingerprint density at radius 2 is 1.76 bits per heavy atom. The summed E-state index contributed by atoms with van der Waals surface area (Å²) >= 11 is 1.46. The number of benzene rings is 1. The summed E-state index contributed by atoms with van der Waals surface area (Å²) in [5.41, 5.74) is 4.68. The van der Waals surface area contributed by atoms with E-state index in [1.807, 2.05) is 31.3 Å². The van der Waals surface area contributed by atoms with Crippen LogP contribution in [0.1, 0.15) is 55.5 Å². The topological polar surface area (TPSA) is 103 Å².